The predicted molar refractivity (Wildman–Crippen MR) is 69.3 cm³/mol. The Kier molecular flexibility index (Phi) is 4.31. The Balaban J connectivity index is 3.12. The highest BCUT2D eigenvalue weighted by Crippen LogP contribution is 2.13. The average molecular weight is 319 g/mol. The smallest absolute Gasteiger partial charge is 0.253 e. The van der Waals surface area contributed by atoms with E-state index >= 15 is 0 Å². The van der Waals surface area contributed by atoms with Crippen molar-refractivity contribution in [3.05, 3.63) is 23.4 Å². The molecule has 0 aliphatic rings. The van der Waals surface area contributed by atoms with Gasteiger partial charge < -0.3 is 8.43 Å². The number of pyridine rings is 1. The Bertz CT molecular complexity index is 343. The van der Waals surface area contributed by atoms with Crippen molar-refractivity contribution in [3.63, 3.8) is 0 Å². The summed E-state index contributed by atoms with van der Waals surface area (Å²) in [5.74, 6) is 0.722. The maximum absolute atomic E-state index is 11.7. The first-order valence-electron chi connectivity index (χ1n) is 4.67. The van der Waals surface area contributed by atoms with Crippen molar-refractivity contribution in [1.82, 2.24) is 9.88 Å². The second-order valence-electron chi connectivity index (χ2n) is 3.38. The number of carbonyl (C=O) groups is 1. The van der Waals surface area contributed by atoms with Gasteiger partial charge in [0, 0.05) is 25.4 Å². The van der Waals surface area contributed by atoms with Gasteiger partial charge in [-0.05, 0) is 18.6 Å². The monoisotopic (exact) mass is 319 g/mol. The molecule has 0 unspecified atom stereocenters. The van der Waals surface area contributed by atoms with E-state index in [1.807, 2.05) is 35.9 Å². The zero-order valence-corrected chi connectivity index (χ0v) is 11.2. The Morgan fingerprint density at radius 2 is 2.20 bits per heavy atom. The molecule has 1 aromatic rings. The summed E-state index contributed by atoms with van der Waals surface area (Å²) < 4.78 is 2.92. The molecule has 1 aromatic heterocycles. The Morgan fingerprint density at radius 1 is 1.53 bits per heavy atom. The molecule has 0 aromatic carbocycles. The van der Waals surface area contributed by atoms with Gasteiger partial charge in [-0.2, -0.15) is 0 Å². The molecule has 5 heteroatoms. The minimum atomic E-state index is 0.000000000000000444. The third-order valence-corrected chi connectivity index (χ3v) is 2.54. The fourth-order valence-corrected chi connectivity index (χ4v) is 1.48. The van der Waals surface area contributed by atoms with Crippen LogP contribution in [0.1, 0.15) is 23.0 Å². The van der Waals surface area contributed by atoms with Crippen LogP contribution in [0.25, 0.3) is 0 Å². The predicted octanol–water partition coefficient (Wildman–Crippen LogP) is 2.11. The summed E-state index contributed by atoms with van der Waals surface area (Å²) in [7, 11) is 3.48. The molecule has 4 nitrogen and oxygen atoms in total. The summed E-state index contributed by atoms with van der Waals surface area (Å²) >= 11 is 2.01. The number of anilines is 1. The highest BCUT2D eigenvalue weighted by atomic mass is 127. The Morgan fingerprint density at radius 3 is 2.67 bits per heavy atom. The third-order valence-electron chi connectivity index (χ3n) is 1.99. The first-order chi connectivity index (χ1) is 7.08. The number of carbonyl (C=O) groups excluding carboxylic acids is 1. The fourth-order valence-electron chi connectivity index (χ4n) is 1.20. The van der Waals surface area contributed by atoms with Gasteiger partial charge in [-0.25, -0.2) is 4.98 Å². The van der Waals surface area contributed by atoms with Crippen LogP contribution in [0.5, 0.6) is 0 Å². The largest absolute Gasteiger partial charge is 0.345 e. The SMILES string of the molecule is CCc1cc(C(=O)N(C)C)cc(NI)n1. The Hall–Kier alpha value is -0.850. The molecule has 1 rings (SSSR count). The van der Waals surface area contributed by atoms with E-state index < -0.39 is 0 Å². The van der Waals surface area contributed by atoms with Crippen LogP contribution in [-0.2, 0) is 6.42 Å². The lowest BCUT2D eigenvalue weighted by Gasteiger charge is -2.11. The summed E-state index contributed by atoms with van der Waals surface area (Å²) in [6.07, 6.45) is 0.819. The normalized spacial score (nSPS) is 9.87. The molecule has 0 aliphatic carbocycles. The van der Waals surface area contributed by atoms with Gasteiger partial charge in [0.1, 0.15) is 5.82 Å². The first kappa shape index (κ1) is 12.2. The van der Waals surface area contributed by atoms with Gasteiger partial charge in [0.2, 0.25) is 0 Å². The van der Waals surface area contributed by atoms with Gasteiger partial charge in [-0.15, -0.1) is 0 Å². The van der Waals surface area contributed by atoms with Crippen LogP contribution in [0.2, 0.25) is 0 Å². The van der Waals surface area contributed by atoms with Crippen LogP contribution in [0.4, 0.5) is 5.82 Å². The van der Waals surface area contributed by atoms with Gasteiger partial charge >= 0.3 is 0 Å². The minimum absolute atomic E-state index is 0.000000000000000444. The number of aromatic nitrogens is 1. The molecule has 1 heterocycles. The standard InChI is InChI=1S/C10H14IN3O/c1-4-8-5-7(10(15)14(2)3)6-9(12-8)13-11/h5-6H,4H2,1-3H3,(H,12,13). The lowest BCUT2D eigenvalue weighted by atomic mass is 10.2. The van der Waals surface area contributed by atoms with E-state index in [4.69, 9.17) is 0 Å². The van der Waals surface area contributed by atoms with Crippen LogP contribution in [0.15, 0.2) is 12.1 Å². The van der Waals surface area contributed by atoms with Crippen molar-refractivity contribution < 1.29 is 4.79 Å². The molecule has 0 radical (unpaired) electrons. The lowest BCUT2D eigenvalue weighted by Crippen LogP contribution is -2.22. The molecule has 15 heavy (non-hydrogen) atoms. The number of rotatable bonds is 3. The van der Waals surface area contributed by atoms with Crippen LogP contribution in [0.3, 0.4) is 0 Å². The van der Waals surface area contributed by atoms with Crippen LogP contribution in [-0.4, -0.2) is 29.9 Å². The van der Waals surface area contributed by atoms with E-state index in [0.717, 1.165) is 17.9 Å². The van der Waals surface area contributed by atoms with Crippen LogP contribution >= 0.6 is 22.9 Å². The Labute approximate surface area is 104 Å². The maximum atomic E-state index is 11.7. The summed E-state index contributed by atoms with van der Waals surface area (Å²) in [6, 6.07) is 3.59. The van der Waals surface area contributed by atoms with Crippen molar-refractivity contribution in [2.24, 2.45) is 0 Å². The molecule has 0 atom stereocenters. The van der Waals surface area contributed by atoms with Crippen molar-refractivity contribution in [2.75, 3.05) is 17.6 Å². The van der Waals surface area contributed by atoms with E-state index in [9.17, 15) is 4.79 Å². The summed E-state index contributed by atoms with van der Waals surface area (Å²) in [4.78, 5) is 17.6. The molecular weight excluding hydrogens is 305 g/mol. The highest BCUT2D eigenvalue weighted by molar-refractivity contribution is 14.1. The van der Waals surface area contributed by atoms with Crippen molar-refractivity contribution in [1.29, 1.82) is 0 Å². The molecule has 0 aliphatic heterocycles. The summed E-state index contributed by atoms with van der Waals surface area (Å²) in [6.45, 7) is 2.02. The zero-order valence-electron chi connectivity index (χ0n) is 9.04. The lowest BCUT2D eigenvalue weighted by molar-refractivity contribution is 0.0827. The number of nitrogens with zero attached hydrogens (tertiary/aromatic N) is 2. The highest BCUT2D eigenvalue weighted by Gasteiger charge is 2.10. The number of halogens is 1. The molecule has 82 valence electrons. The van der Waals surface area contributed by atoms with E-state index in [2.05, 4.69) is 8.51 Å². The molecule has 0 saturated carbocycles. The molecule has 0 saturated heterocycles. The van der Waals surface area contributed by atoms with E-state index in [1.165, 1.54) is 0 Å². The number of amides is 1. The minimum Gasteiger partial charge on any atom is -0.345 e. The van der Waals surface area contributed by atoms with Crippen molar-refractivity contribution in [3.8, 4) is 0 Å². The molecule has 0 fully saturated rings. The van der Waals surface area contributed by atoms with Gasteiger partial charge in [0.15, 0.2) is 0 Å². The van der Waals surface area contributed by atoms with E-state index in [0.29, 0.717) is 5.56 Å². The third kappa shape index (κ3) is 3.05. The van der Waals surface area contributed by atoms with E-state index in [1.54, 1.807) is 25.1 Å². The number of nitrogens with one attached hydrogen (secondary N) is 1. The van der Waals surface area contributed by atoms with Crippen LogP contribution < -0.4 is 3.53 Å². The molecule has 0 spiro atoms. The molecular formula is C10H14IN3O. The maximum Gasteiger partial charge on any atom is 0.253 e. The van der Waals surface area contributed by atoms with Gasteiger partial charge in [0.05, 0.1) is 22.9 Å². The fraction of sp³-hybridized carbons (Fsp3) is 0.400. The summed E-state index contributed by atoms with van der Waals surface area (Å²) in [5, 5.41) is 0. The average Bonchev–Trinajstić information content (AvgIpc) is 2.27. The van der Waals surface area contributed by atoms with Gasteiger partial charge in [-0.3, -0.25) is 4.79 Å². The zero-order chi connectivity index (χ0) is 11.4. The van der Waals surface area contributed by atoms with Crippen LogP contribution in [0, 0.1) is 0 Å². The van der Waals surface area contributed by atoms with E-state index in [-0.39, 0.29) is 5.91 Å². The van der Waals surface area contributed by atoms with Crippen molar-refractivity contribution in [2.45, 2.75) is 13.3 Å². The summed E-state index contributed by atoms with van der Waals surface area (Å²) in [5.41, 5.74) is 1.59. The molecule has 1 amide bonds. The van der Waals surface area contributed by atoms with Gasteiger partial charge in [-0.1, -0.05) is 6.92 Å². The second kappa shape index (κ2) is 5.29. The molecule has 0 bridgehead atoms. The number of aryl methyl sites for hydroxylation is 1. The molecule has 1 N–H and O–H groups in total. The number of hydrogen-bond donors (Lipinski definition) is 1. The first-order valence-corrected chi connectivity index (χ1v) is 5.75. The second-order valence-corrected chi connectivity index (χ2v) is 3.92. The quantitative estimate of drug-likeness (QED) is 0.686. The number of hydrogen-bond acceptors (Lipinski definition) is 3. The van der Waals surface area contributed by atoms with Gasteiger partial charge in [0.25, 0.3) is 5.91 Å². The topological polar surface area (TPSA) is 45.2 Å². The van der Waals surface area contributed by atoms with Crippen molar-refractivity contribution >= 4 is 34.6 Å².